The molecular weight excluding hydrogens is 376 g/mol. The summed E-state index contributed by atoms with van der Waals surface area (Å²) in [6, 6.07) is 0. The lowest BCUT2D eigenvalue weighted by molar-refractivity contribution is -0.159. The SMILES string of the molecule is CCC(C)CCCCCCCCCCCCCCOC(=O)C1CCCCC1C(=O)O. The van der Waals surface area contributed by atoms with Gasteiger partial charge < -0.3 is 9.84 Å². The largest absolute Gasteiger partial charge is 0.481 e. The number of ether oxygens (including phenoxy) is 1. The highest BCUT2D eigenvalue weighted by Gasteiger charge is 2.36. The first kappa shape index (κ1) is 27.0. The van der Waals surface area contributed by atoms with E-state index in [0.29, 0.717) is 19.4 Å². The molecule has 4 heteroatoms. The molecular formula is C26H48O4. The number of hydrogen-bond acceptors (Lipinski definition) is 3. The quantitative estimate of drug-likeness (QED) is 0.182. The summed E-state index contributed by atoms with van der Waals surface area (Å²) in [6.45, 7) is 5.09. The van der Waals surface area contributed by atoms with Gasteiger partial charge in [0.1, 0.15) is 0 Å². The summed E-state index contributed by atoms with van der Waals surface area (Å²) in [5.74, 6) is -1.22. The number of hydrogen-bond donors (Lipinski definition) is 1. The van der Waals surface area contributed by atoms with E-state index in [1.165, 1.54) is 77.0 Å². The first-order valence-electron chi connectivity index (χ1n) is 13.0. The van der Waals surface area contributed by atoms with Gasteiger partial charge in [0.2, 0.25) is 0 Å². The van der Waals surface area contributed by atoms with Gasteiger partial charge in [-0.25, -0.2) is 0 Å². The Kier molecular flexibility index (Phi) is 15.8. The number of aliphatic carboxylic acids is 1. The van der Waals surface area contributed by atoms with Crippen molar-refractivity contribution in [1.29, 1.82) is 0 Å². The molecule has 1 aliphatic rings. The van der Waals surface area contributed by atoms with Crippen LogP contribution >= 0.6 is 0 Å². The topological polar surface area (TPSA) is 63.6 Å². The monoisotopic (exact) mass is 424 g/mol. The van der Waals surface area contributed by atoms with Crippen LogP contribution in [0.3, 0.4) is 0 Å². The average Bonchev–Trinajstić information content (AvgIpc) is 2.75. The molecule has 3 unspecified atom stereocenters. The maximum absolute atomic E-state index is 12.2. The minimum absolute atomic E-state index is 0.290. The fourth-order valence-corrected chi connectivity index (χ4v) is 4.56. The maximum atomic E-state index is 12.2. The smallest absolute Gasteiger partial charge is 0.309 e. The Morgan fingerprint density at radius 1 is 0.800 bits per heavy atom. The summed E-state index contributed by atoms with van der Waals surface area (Å²) in [7, 11) is 0. The summed E-state index contributed by atoms with van der Waals surface area (Å²) in [4.78, 5) is 23.5. The van der Waals surface area contributed by atoms with Gasteiger partial charge in [-0.3, -0.25) is 9.59 Å². The highest BCUT2D eigenvalue weighted by Crippen LogP contribution is 2.31. The van der Waals surface area contributed by atoms with E-state index in [1.54, 1.807) is 0 Å². The van der Waals surface area contributed by atoms with Crippen LogP contribution in [0.1, 0.15) is 129 Å². The molecule has 0 heterocycles. The highest BCUT2D eigenvalue weighted by atomic mass is 16.5. The minimum Gasteiger partial charge on any atom is -0.481 e. The van der Waals surface area contributed by atoms with Crippen LogP contribution in [0.5, 0.6) is 0 Å². The minimum atomic E-state index is -0.849. The van der Waals surface area contributed by atoms with E-state index in [9.17, 15) is 14.7 Å². The Bertz CT molecular complexity index is 448. The van der Waals surface area contributed by atoms with Crippen molar-refractivity contribution in [3.8, 4) is 0 Å². The van der Waals surface area contributed by atoms with Crippen LogP contribution < -0.4 is 0 Å². The second-order valence-corrected chi connectivity index (χ2v) is 9.55. The van der Waals surface area contributed by atoms with E-state index >= 15 is 0 Å². The average molecular weight is 425 g/mol. The van der Waals surface area contributed by atoms with Crippen LogP contribution in [0.25, 0.3) is 0 Å². The molecule has 0 aliphatic heterocycles. The zero-order chi connectivity index (χ0) is 22.0. The van der Waals surface area contributed by atoms with Crippen LogP contribution in [-0.2, 0) is 14.3 Å². The van der Waals surface area contributed by atoms with Gasteiger partial charge in [0.15, 0.2) is 0 Å². The number of carbonyl (C=O) groups excluding carboxylic acids is 1. The van der Waals surface area contributed by atoms with Gasteiger partial charge in [-0.2, -0.15) is 0 Å². The molecule has 30 heavy (non-hydrogen) atoms. The predicted octanol–water partition coefficient (Wildman–Crippen LogP) is 7.54. The lowest BCUT2D eigenvalue weighted by atomic mass is 9.79. The molecule has 0 aromatic heterocycles. The Morgan fingerprint density at radius 2 is 1.27 bits per heavy atom. The molecule has 1 N–H and O–H groups in total. The fourth-order valence-electron chi connectivity index (χ4n) is 4.56. The first-order valence-corrected chi connectivity index (χ1v) is 13.0. The van der Waals surface area contributed by atoms with Crippen molar-refractivity contribution >= 4 is 11.9 Å². The normalized spacial score (nSPS) is 20.1. The molecule has 0 spiro atoms. The van der Waals surface area contributed by atoms with Crippen molar-refractivity contribution in [1.82, 2.24) is 0 Å². The third kappa shape index (κ3) is 12.6. The molecule has 1 fully saturated rings. The molecule has 0 amide bonds. The van der Waals surface area contributed by atoms with Gasteiger partial charge in [-0.1, -0.05) is 110 Å². The zero-order valence-electron chi connectivity index (χ0n) is 19.8. The van der Waals surface area contributed by atoms with Crippen molar-refractivity contribution in [3.05, 3.63) is 0 Å². The maximum Gasteiger partial charge on any atom is 0.309 e. The number of carboxylic acids is 1. The summed E-state index contributed by atoms with van der Waals surface area (Å²) in [5, 5.41) is 9.27. The van der Waals surface area contributed by atoms with Crippen LogP contribution in [0, 0.1) is 17.8 Å². The molecule has 1 saturated carbocycles. The predicted molar refractivity (Wildman–Crippen MR) is 124 cm³/mol. The summed E-state index contributed by atoms with van der Waals surface area (Å²) >= 11 is 0. The van der Waals surface area contributed by atoms with Gasteiger partial charge in [-0.15, -0.1) is 0 Å². The van der Waals surface area contributed by atoms with Gasteiger partial charge in [0.05, 0.1) is 18.4 Å². The number of unbranched alkanes of at least 4 members (excludes halogenated alkanes) is 11. The van der Waals surface area contributed by atoms with Gasteiger partial charge in [0, 0.05) is 0 Å². The standard InChI is InChI=1S/C26H48O4/c1-3-22(2)18-14-12-10-8-6-4-5-7-9-11-13-17-21-30-26(29)24-20-16-15-19-23(24)25(27)28/h22-24H,3-21H2,1-2H3,(H,27,28). The Balaban J connectivity index is 1.86. The molecule has 0 aromatic carbocycles. The molecule has 176 valence electrons. The van der Waals surface area contributed by atoms with Gasteiger partial charge >= 0.3 is 11.9 Å². The Hall–Kier alpha value is -1.06. The molecule has 0 aromatic rings. The second kappa shape index (κ2) is 17.6. The molecule has 0 bridgehead atoms. The number of rotatable bonds is 18. The lowest BCUT2D eigenvalue weighted by Crippen LogP contribution is -2.33. The summed E-state index contributed by atoms with van der Waals surface area (Å²) in [6.07, 6.45) is 21.3. The van der Waals surface area contributed by atoms with E-state index in [1.807, 2.05) is 0 Å². The number of esters is 1. The van der Waals surface area contributed by atoms with Gasteiger partial charge in [-0.05, 0) is 25.2 Å². The van der Waals surface area contributed by atoms with Crippen molar-refractivity contribution in [2.45, 2.75) is 129 Å². The van der Waals surface area contributed by atoms with Crippen molar-refractivity contribution in [2.24, 2.45) is 17.8 Å². The Labute approximate surface area is 185 Å². The molecule has 0 radical (unpaired) electrons. The third-order valence-electron chi connectivity index (χ3n) is 6.92. The molecule has 3 atom stereocenters. The first-order chi connectivity index (χ1) is 14.6. The second-order valence-electron chi connectivity index (χ2n) is 9.55. The van der Waals surface area contributed by atoms with E-state index in [-0.39, 0.29) is 5.97 Å². The lowest BCUT2D eigenvalue weighted by Gasteiger charge is -2.26. The number of carboxylic acid groups (broad SMARTS) is 1. The molecule has 1 aliphatic carbocycles. The fraction of sp³-hybridized carbons (Fsp3) is 0.923. The number of carbonyl (C=O) groups is 2. The van der Waals surface area contributed by atoms with Crippen LogP contribution in [0.15, 0.2) is 0 Å². The molecule has 4 nitrogen and oxygen atoms in total. The van der Waals surface area contributed by atoms with E-state index < -0.39 is 17.8 Å². The van der Waals surface area contributed by atoms with Crippen LogP contribution in [0.2, 0.25) is 0 Å². The van der Waals surface area contributed by atoms with Gasteiger partial charge in [0.25, 0.3) is 0 Å². The van der Waals surface area contributed by atoms with Crippen LogP contribution in [-0.4, -0.2) is 23.7 Å². The van der Waals surface area contributed by atoms with E-state index in [4.69, 9.17) is 4.74 Å². The van der Waals surface area contributed by atoms with E-state index in [0.717, 1.165) is 31.6 Å². The molecule has 1 rings (SSSR count). The van der Waals surface area contributed by atoms with Crippen molar-refractivity contribution in [3.63, 3.8) is 0 Å². The Morgan fingerprint density at radius 3 is 1.77 bits per heavy atom. The molecule has 0 saturated heterocycles. The van der Waals surface area contributed by atoms with Crippen LogP contribution in [0.4, 0.5) is 0 Å². The summed E-state index contributed by atoms with van der Waals surface area (Å²) < 4.78 is 5.38. The zero-order valence-corrected chi connectivity index (χ0v) is 19.8. The third-order valence-corrected chi connectivity index (χ3v) is 6.92. The van der Waals surface area contributed by atoms with E-state index in [2.05, 4.69) is 13.8 Å². The highest BCUT2D eigenvalue weighted by molar-refractivity contribution is 5.81. The summed E-state index contributed by atoms with van der Waals surface area (Å²) in [5.41, 5.74) is 0. The van der Waals surface area contributed by atoms with Crippen molar-refractivity contribution in [2.75, 3.05) is 6.61 Å². The van der Waals surface area contributed by atoms with Crippen molar-refractivity contribution < 1.29 is 19.4 Å².